The summed E-state index contributed by atoms with van der Waals surface area (Å²) < 4.78 is 28.4. The number of amides is 1. The van der Waals surface area contributed by atoms with Crippen LogP contribution >= 0.6 is 11.6 Å². The van der Waals surface area contributed by atoms with E-state index in [-0.39, 0.29) is 22.7 Å². The molecule has 1 aromatic rings. The van der Waals surface area contributed by atoms with Crippen LogP contribution in [0.1, 0.15) is 19.3 Å². The van der Waals surface area contributed by atoms with Crippen molar-refractivity contribution in [1.29, 1.82) is 0 Å². The molecule has 2 rings (SSSR count). The molecule has 20 heavy (non-hydrogen) atoms. The van der Waals surface area contributed by atoms with Gasteiger partial charge in [-0.2, -0.15) is 8.78 Å². The van der Waals surface area contributed by atoms with Crippen LogP contribution in [0, 0.1) is 0 Å². The number of ether oxygens (including phenoxy) is 1. The zero-order chi connectivity index (χ0) is 14.5. The summed E-state index contributed by atoms with van der Waals surface area (Å²) in [6.45, 7) is -2.00. The Hall–Kier alpha value is -1.40. The van der Waals surface area contributed by atoms with E-state index in [1.165, 1.54) is 18.2 Å². The highest BCUT2D eigenvalue weighted by Gasteiger charge is 2.18. The highest BCUT2D eigenvalue weighted by atomic mass is 35.5. The van der Waals surface area contributed by atoms with Crippen LogP contribution in [-0.4, -0.2) is 25.1 Å². The molecule has 1 atom stereocenters. The molecule has 0 saturated carbocycles. The predicted octanol–water partition coefficient (Wildman–Crippen LogP) is 3.02. The average molecular weight is 305 g/mol. The Bertz CT molecular complexity index is 479. The van der Waals surface area contributed by atoms with Gasteiger partial charge < -0.3 is 15.4 Å². The van der Waals surface area contributed by atoms with Gasteiger partial charge in [0.2, 0.25) is 5.91 Å². The number of hydrogen-bond donors (Lipinski definition) is 2. The van der Waals surface area contributed by atoms with E-state index in [4.69, 9.17) is 11.6 Å². The summed E-state index contributed by atoms with van der Waals surface area (Å²) >= 11 is 5.81. The lowest BCUT2D eigenvalue weighted by atomic mass is 10.1. The predicted molar refractivity (Wildman–Crippen MR) is 72.4 cm³/mol. The Balaban J connectivity index is 1.92. The summed E-state index contributed by atoms with van der Waals surface area (Å²) in [4.78, 5) is 11.8. The second kappa shape index (κ2) is 6.85. The SMILES string of the molecule is O=C(CC1CCCN1)Nc1ccc(OC(F)F)c(Cl)c1. The van der Waals surface area contributed by atoms with Crippen LogP contribution < -0.4 is 15.4 Å². The van der Waals surface area contributed by atoms with E-state index in [1.54, 1.807) is 0 Å². The first-order valence-electron chi connectivity index (χ1n) is 6.32. The number of carbonyl (C=O) groups is 1. The molecule has 1 aromatic carbocycles. The maximum Gasteiger partial charge on any atom is 0.387 e. The summed E-state index contributed by atoms with van der Waals surface area (Å²) in [5.74, 6) is -0.250. The molecule has 1 heterocycles. The third kappa shape index (κ3) is 4.31. The van der Waals surface area contributed by atoms with E-state index in [0.717, 1.165) is 19.4 Å². The minimum Gasteiger partial charge on any atom is -0.433 e. The van der Waals surface area contributed by atoms with Crippen molar-refractivity contribution < 1.29 is 18.3 Å². The molecule has 7 heteroatoms. The summed E-state index contributed by atoms with van der Waals surface area (Å²) in [5.41, 5.74) is 0.458. The number of hydrogen-bond acceptors (Lipinski definition) is 3. The van der Waals surface area contributed by atoms with E-state index < -0.39 is 6.61 Å². The number of alkyl halides is 2. The summed E-state index contributed by atoms with van der Waals surface area (Å²) in [7, 11) is 0. The normalized spacial score (nSPS) is 18.3. The van der Waals surface area contributed by atoms with Gasteiger partial charge in [0.25, 0.3) is 0 Å². The fraction of sp³-hybridized carbons (Fsp3) is 0.462. The second-order valence-corrected chi connectivity index (χ2v) is 4.98. The smallest absolute Gasteiger partial charge is 0.387 e. The minimum atomic E-state index is -2.93. The number of carbonyl (C=O) groups excluding carboxylic acids is 1. The van der Waals surface area contributed by atoms with E-state index in [0.29, 0.717) is 12.1 Å². The van der Waals surface area contributed by atoms with E-state index >= 15 is 0 Å². The highest BCUT2D eigenvalue weighted by Crippen LogP contribution is 2.29. The maximum atomic E-state index is 12.1. The molecule has 0 aromatic heterocycles. The molecule has 1 saturated heterocycles. The molecule has 1 aliphatic heterocycles. The van der Waals surface area contributed by atoms with Crippen molar-refractivity contribution in [3.05, 3.63) is 23.2 Å². The van der Waals surface area contributed by atoms with Gasteiger partial charge in [0.15, 0.2) is 0 Å². The minimum absolute atomic E-state index is 0.0297. The monoisotopic (exact) mass is 304 g/mol. The summed E-state index contributed by atoms with van der Waals surface area (Å²) in [5, 5.41) is 5.94. The van der Waals surface area contributed by atoms with E-state index in [2.05, 4.69) is 15.4 Å². The molecular formula is C13H15ClF2N2O2. The lowest BCUT2D eigenvalue weighted by molar-refractivity contribution is -0.116. The van der Waals surface area contributed by atoms with Gasteiger partial charge in [-0.05, 0) is 37.6 Å². The van der Waals surface area contributed by atoms with Gasteiger partial charge in [-0.1, -0.05) is 11.6 Å². The second-order valence-electron chi connectivity index (χ2n) is 4.57. The Labute approximate surface area is 120 Å². The number of rotatable bonds is 5. The van der Waals surface area contributed by atoms with Gasteiger partial charge in [-0.15, -0.1) is 0 Å². The number of halogens is 3. The standard InChI is InChI=1S/C13H15ClF2N2O2/c14-10-6-9(3-4-11(10)20-13(15)16)18-12(19)7-8-2-1-5-17-8/h3-4,6,8,13,17H,1-2,5,7H2,(H,18,19). The molecule has 0 aliphatic carbocycles. The summed E-state index contributed by atoms with van der Waals surface area (Å²) in [6.07, 6.45) is 2.44. The van der Waals surface area contributed by atoms with Gasteiger partial charge >= 0.3 is 6.61 Å². The Kier molecular flexibility index (Phi) is 5.14. The topological polar surface area (TPSA) is 50.4 Å². The quantitative estimate of drug-likeness (QED) is 0.879. The van der Waals surface area contributed by atoms with Crippen molar-refractivity contribution in [2.24, 2.45) is 0 Å². The zero-order valence-electron chi connectivity index (χ0n) is 10.7. The molecule has 2 N–H and O–H groups in total. The van der Waals surface area contributed by atoms with Gasteiger partial charge in [0.05, 0.1) is 5.02 Å². The molecule has 1 amide bonds. The third-order valence-electron chi connectivity index (χ3n) is 3.03. The van der Waals surface area contributed by atoms with Gasteiger partial charge in [0.1, 0.15) is 5.75 Å². The highest BCUT2D eigenvalue weighted by molar-refractivity contribution is 6.32. The van der Waals surface area contributed by atoms with Crippen molar-refractivity contribution in [2.75, 3.05) is 11.9 Å². The first-order valence-corrected chi connectivity index (χ1v) is 6.70. The molecule has 0 bridgehead atoms. The lowest BCUT2D eigenvalue weighted by Crippen LogP contribution is -2.27. The molecule has 1 fully saturated rings. The van der Waals surface area contributed by atoms with Gasteiger partial charge in [-0.25, -0.2) is 0 Å². The van der Waals surface area contributed by atoms with Crippen LogP contribution in [-0.2, 0) is 4.79 Å². The maximum absolute atomic E-state index is 12.1. The van der Waals surface area contributed by atoms with Crippen molar-refractivity contribution in [2.45, 2.75) is 31.9 Å². The van der Waals surface area contributed by atoms with Crippen molar-refractivity contribution in [1.82, 2.24) is 5.32 Å². The van der Waals surface area contributed by atoms with Crippen LogP contribution in [0.3, 0.4) is 0 Å². The van der Waals surface area contributed by atoms with Crippen molar-refractivity contribution >= 4 is 23.2 Å². The van der Waals surface area contributed by atoms with Crippen LogP contribution in [0.4, 0.5) is 14.5 Å². The average Bonchev–Trinajstić information content (AvgIpc) is 2.85. The van der Waals surface area contributed by atoms with Gasteiger partial charge in [0, 0.05) is 18.2 Å². The van der Waals surface area contributed by atoms with Crippen molar-refractivity contribution in [3.63, 3.8) is 0 Å². The molecule has 4 nitrogen and oxygen atoms in total. The first kappa shape index (κ1) is 15.0. The fourth-order valence-corrected chi connectivity index (χ4v) is 2.36. The van der Waals surface area contributed by atoms with Gasteiger partial charge in [-0.3, -0.25) is 4.79 Å². The Morgan fingerprint density at radius 1 is 1.55 bits per heavy atom. The van der Waals surface area contributed by atoms with Crippen LogP contribution in [0.25, 0.3) is 0 Å². The molecule has 1 aliphatic rings. The Morgan fingerprint density at radius 3 is 2.95 bits per heavy atom. The van der Waals surface area contributed by atoms with Crippen LogP contribution in [0.2, 0.25) is 5.02 Å². The van der Waals surface area contributed by atoms with Crippen molar-refractivity contribution in [3.8, 4) is 5.75 Å². The molecule has 110 valence electrons. The number of nitrogens with one attached hydrogen (secondary N) is 2. The van der Waals surface area contributed by atoms with Crippen LogP contribution in [0.5, 0.6) is 5.75 Å². The molecule has 0 spiro atoms. The summed E-state index contributed by atoms with van der Waals surface area (Å²) in [6, 6.07) is 4.37. The third-order valence-corrected chi connectivity index (χ3v) is 3.32. The first-order chi connectivity index (χ1) is 9.54. The fourth-order valence-electron chi connectivity index (χ4n) is 2.14. The Morgan fingerprint density at radius 2 is 2.35 bits per heavy atom. The molecule has 1 unspecified atom stereocenters. The zero-order valence-corrected chi connectivity index (χ0v) is 11.4. The number of anilines is 1. The van der Waals surface area contributed by atoms with E-state index in [9.17, 15) is 13.6 Å². The number of benzene rings is 1. The molecule has 0 radical (unpaired) electrons. The molecular weight excluding hydrogens is 290 g/mol. The van der Waals surface area contributed by atoms with Crippen LogP contribution in [0.15, 0.2) is 18.2 Å². The largest absolute Gasteiger partial charge is 0.433 e. The lowest BCUT2D eigenvalue weighted by Gasteiger charge is -2.12. The van der Waals surface area contributed by atoms with E-state index in [1.807, 2.05) is 0 Å².